The molecular formula is C19H16N2O. The van der Waals surface area contributed by atoms with Crippen molar-refractivity contribution in [2.75, 3.05) is 18.0 Å². The van der Waals surface area contributed by atoms with E-state index >= 15 is 0 Å². The Kier molecular flexibility index (Phi) is 2.31. The number of fused-ring (bicyclic) bond motifs is 5. The van der Waals surface area contributed by atoms with Gasteiger partial charge in [0.25, 0.3) is 5.91 Å². The number of aromatic nitrogens is 1. The number of benzene rings is 2. The monoisotopic (exact) mass is 288 g/mol. The van der Waals surface area contributed by atoms with E-state index in [0.29, 0.717) is 0 Å². The predicted molar refractivity (Wildman–Crippen MR) is 88.5 cm³/mol. The first-order valence-corrected chi connectivity index (χ1v) is 7.88. The van der Waals surface area contributed by atoms with Crippen LogP contribution in [0.2, 0.25) is 0 Å². The number of rotatable bonds is 2. The fourth-order valence-corrected chi connectivity index (χ4v) is 3.81. The molecule has 1 aromatic heterocycles. The van der Waals surface area contributed by atoms with Gasteiger partial charge < -0.3 is 4.90 Å². The van der Waals surface area contributed by atoms with E-state index in [1.54, 1.807) is 0 Å². The van der Waals surface area contributed by atoms with Crippen LogP contribution in [0.1, 0.15) is 23.2 Å². The molecule has 3 heteroatoms. The summed E-state index contributed by atoms with van der Waals surface area (Å²) in [7, 11) is 0. The Hall–Kier alpha value is -2.55. The Bertz CT molecular complexity index is 856. The lowest BCUT2D eigenvalue weighted by Gasteiger charge is -2.20. The molecule has 2 aliphatic rings. The normalized spacial score (nSPS) is 16.4. The average molecular weight is 288 g/mol. The zero-order chi connectivity index (χ0) is 14.7. The van der Waals surface area contributed by atoms with Crippen molar-refractivity contribution in [1.29, 1.82) is 0 Å². The molecule has 0 unspecified atom stereocenters. The lowest BCUT2D eigenvalue weighted by molar-refractivity contribution is 0.0951. The van der Waals surface area contributed by atoms with Gasteiger partial charge in [-0.25, -0.2) is 0 Å². The van der Waals surface area contributed by atoms with Crippen molar-refractivity contribution in [3.8, 4) is 11.3 Å². The molecule has 1 saturated heterocycles. The summed E-state index contributed by atoms with van der Waals surface area (Å²) in [6.45, 7) is 2.31. The molecule has 3 aromatic rings. The Balaban J connectivity index is 1.60. The minimum absolute atomic E-state index is 0.139. The Morgan fingerprint density at radius 1 is 0.864 bits per heavy atom. The molecule has 1 fully saturated rings. The highest BCUT2D eigenvalue weighted by Crippen LogP contribution is 2.42. The van der Waals surface area contributed by atoms with E-state index in [4.69, 9.17) is 0 Å². The molecular weight excluding hydrogens is 272 g/mol. The van der Waals surface area contributed by atoms with E-state index in [2.05, 4.69) is 29.2 Å². The van der Waals surface area contributed by atoms with Crippen molar-refractivity contribution in [3.05, 3.63) is 54.1 Å². The molecule has 3 nitrogen and oxygen atoms in total. The first kappa shape index (κ1) is 12.0. The topological polar surface area (TPSA) is 25.2 Å². The van der Waals surface area contributed by atoms with Crippen LogP contribution in [0.15, 0.2) is 48.5 Å². The summed E-state index contributed by atoms with van der Waals surface area (Å²) in [4.78, 5) is 14.6. The molecule has 22 heavy (non-hydrogen) atoms. The van der Waals surface area contributed by atoms with Gasteiger partial charge in [-0.2, -0.15) is 0 Å². The van der Waals surface area contributed by atoms with Crippen LogP contribution in [0, 0.1) is 0 Å². The quantitative estimate of drug-likeness (QED) is 0.559. The summed E-state index contributed by atoms with van der Waals surface area (Å²) in [5.41, 5.74) is 5.40. The van der Waals surface area contributed by atoms with Crippen molar-refractivity contribution in [3.63, 3.8) is 0 Å². The molecule has 0 aliphatic carbocycles. The van der Waals surface area contributed by atoms with E-state index < -0.39 is 0 Å². The van der Waals surface area contributed by atoms with Gasteiger partial charge >= 0.3 is 0 Å². The summed E-state index contributed by atoms with van der Waals surface area (Å²) in [5.74, 6) is 0.139. The van der Waals surface area contributed by atoms with Gasteiger partial charge in [0.15, 0.2) is 0 Å². The molecule has 2 aliphatic heterocycles. The number of nitrogens with zero attached hydrogens (tertiary/aromatic N) is 2. The second-order valence-electron chi connectivity index (χ2n) is 6.12. The lowest BCUT2D eigenvalue weighted by Crippen LogP contribution is -2.21. The molecule has 3 heterocycles. The maximum Gasteiger partial charge on any atom is 0.265 e. The van der Waals surface area contributed by atoms with Gasteiger partial charge in [0.05, 0.1) is 16.8 Å². The molecule has 0 N–H and O–H groups in total. The summed E-state index contributed by atoms with van der Waals surface area (Å²) in [5, 5.41) is 1.08. The van der Waals surface area contributed by atoms with E-state index in [-0.39, 0.29) is 5.91 Å². The molecule has 108 valence electrons. The molecule has 2 bridgehead atoms. The standard InChI is InChI=1S/C19H16N2O/c22-19-17-15-5-1-2-6-16(15)21(19)18(17)13-7-9-14(10-8-13)20-11-3-4-12-20/h1-2,5-10H,3-4,11-12H2. The number of hydrogen-bond acceptors (Lipinski definition) is 2. The van der Waals surface area contributed by atoms with Crippen LogP contribution in [0.25, 0.3) is 22.2 Å². The van der Waals surface area contributed by atoms with Gasteiger partial charge in [0, 0.05) is 24.2 Å². The van der Waals surface area contributed by atoms with Crippen molar-refractivity contribution in [2.24, 2.45) is 0 Å². The van der Waals surface area contributed by atoms with Gasteiger partial charge in [-0.05, 0) is 36.6 Å². The van der Waals surface area contributed by atoms with E-state index in [0.717, 1.165) is 40.8 Å². The first-order valence-electron chi connectivity index (χ1n) is 7.88. The number of carbonyl (C=O) groups excluding carboxylic acids is 1. The van der Waals surface area contributed by atoms with Crippen molar-refractivity contribution < 1.29 is 4.79 Å². The van der Waals surface area contributed by atoms with Crippen LogP contribution in [0.5, 0.6) is 0 Å². The van der Waals surface area contributed by atoms with Crippen LogP contribution in [0.3, 0.4) is 0 Å². The van der Waals surface area contributed by atoms with Crippen LogP contribution >= 0.6 is 0 Å². The molecule has 5 rings (SSSR count). The highest BCUT2D eigenvalue weighted by Gasteiger charge is 2.35. The number of anilines is 1. The lowest BCUT2D eigenvalue weighted by atomic mass is 10.0. The van der Waals surface area contributed by atoms with Crippen LogP contribution in [-0.4, -0.2) is 23.6 Å². The maximum atomic E-state index is 12.2. The Morgan fingerprint density at radius 2 is 1.59 bits per heavy atom. The van der Waals surface area contributed by atoms with Crippen molar-refractivity contribution in [1.82, 2.24) is 4.57 Å². The fraction of sp³-hybridized carbons (Fsp3) is 0.211. The van der Waals surface area contributed by atoms with E-state index in [9.17, 15) is 4.79 Å². The molecule has 0 atom stereocenters. The maximum absolute atomic E-state index is 12.2. The second-order valence-corrected chi connectivity index (χ2v) is 6.12. The SMILES string of the molecule is O=C1c2c(-c3ccc(N4CCCC4)cc3)n1c1ccccc21. The summed E-state index contributed by atoms with van der Waals surface area (Å²) >= 11 is 0. The predicted octanol–water partition coefficient (Wildman–Crippen LogP) is 3.91. The van der Waals surface area contributed by atoms with E-state index in [1.165, 1.54) is 18.5 Å². The van der Waals surface area contributed by atoms with Gasteiger partial charge in [0.2, 0.25) is 0 Å². The van der Waals surface area contributed by atoms with Crippen LogP contribution in [-0.2, 0) is 0 Å². The molecule has 0 saturated carbocycles. The molecule has 2 aromatic carbocycles. The summed E-state index contributed by atoms with van der Waals surface area (Å²) < 4.78 is 1.84. The molecule has 0 amide bonds. The van der Waals surface area contributed by atoms with Crippen LogP contribution < -0.4 is 4.90 Å². The van der Waals surface area contributed by atoms with Gasteiger partial charge in [0.1, 0.15) is 0 Å². The average Bonchev–Trinajstić information content (AvgIpc) is 3.25. The zero-order valence-corrected chi connectivity index (χ0v) is 12.2. The highest BCUT2D eigenvalue weighted by molar-refractivity contribution is 6.26. The van der Waals surface area contributed by atoms with E-state index in [1.807, 2.05) is 28.8 Å². The van der Waals surface area contributed by atoms with Crippen molar-refractivity contribution >= 4 is 22.5 Å². The van der Waals surface area contributed by atoms with Gasteiger partial charge in [-0.15, -0.1) is 0 Å². The minimum atomic E-state index is 0.139. The summed E-state index contributed by atoms with van der Waals surface area (Å²) in [6, 6.07) is 16.7. The fourth-order valence-electron chi connectivity index (χ4n) is 3.81. The zero-order valence-electron chi connectivity index (χ0n) is 12.2. The Labute approximate surface area is 128 Å². The number of hydrogen-bond donors (Lipinski definition) is 0. The number of carbonyl (C=O) groups is 1. The second kappa shape index (κ2) is 4.23. The number of para-hydroxylation sites is 1. The minimum Gasteiger partial charge on any atom is -0.372 e. The third-order valence-electron chi connectivity index (χ3n) is 4.90. The summed E-state index contributed by atoms with van der Waals surface area (Å²) in [6.07, 6.45) is 2.57. The molecule has 0 radical (unpaired) electrons. The third-order valence-corrected chi connectivity index (χ3v) is 4.90. The smallest absolute Gasteiger partial charge is 0.265 e. The molecule has 0 spiro atoms. The third kappa shape index (κ3) is 1.43. The Morgan fingerprint density at radius 3 is 2.32 bits per heavy atom. The van der Waals surface area contributed by atoms with Gasteiger partial charge in [-0.1, -0.05) is 30.3 Å². The van der Waals surface area contributed by atoms with Crippen molar-refractivity contribution in [2.45, 2.75) is 12.8 Å². The first-order chi connectivity index (χ1) is 10.8. The van der Waals surface area contributed by atoms with Gasteiger partial charge in [-0.3, -0.25) is 9.36 Å². The van der Waals surface area contributed by atoms with Crippen LogP contribution in [0.4, 0.5) is 5.69 Å². The highest BCUT2D eigenvalue weighted by atomic mass is 16.2. The largest absolute Gasteiger partial charge is 0.372 e.